The maximum atomic E-state index is 5.74. The topological polar surface area (TPSA) is 70.4 Å². The van der Waals surface area contributed by atoms with E-state index in [9.17, 15) is 0 Å². The van der Waals surface area contributed by atoms with Crippen molar-refractivity contribution in [1.29, 1.82) is 0 Å². The van der Waals surface area contributed by atoms with Crippen LogP contribution in [0.5, 0.6) is 0 Å². The van der Waals surface area contributed by atoms with E-state index in [1.807, 2.05) is 26.2 Å². The van der Waals surface area contributed by atoms with Crippen molar-refractivity contribution in [3.05, 3.63) is 47.3 Å². The molecular formula is C27H35N5O. The van der Waals surface area contributed by atoms with Gasteiger partial charge in [-0.3, -0.25) is 0 Å². The van der Waals surface area contributed by atoms with Gasteiger partial charge in [0, 0.05) is 61.8 Å². The smallest absolute Gasteiger partial charge is 0.138 e. The number of nitrogens with zero attached hydrogens (tertiary/aromatic N) is 3. The number of hydrogen-bond acceptors (Lipinski definition) is 5. The average Bonchev–Trinajstić information content (AvgIpc) is 3.19. The Morgan fingerprint density at radius 3 is 2.45 bits per heavy atom. The van der Waals surface area contributed by atoms with E-state index in [1.54, 1.807) is 0 Å². The summed E-state index contributed by atoms with van der Waals surface area (Å²) in [6.07, 6.45) is 3.86. The lowest BCUT2D eigenvalue weighted by molar-refractivity contribution is 0.0323. The molecule has 6 nitrogen and oxygen atoms in total. The van der Waals surface area contributed by atoms with Crippen LogP contribution in [0, 0.1) is 25.7 Å². The fraction of sp³-hybridized carbons (Fsp3) is 0.444. The van der Waals surface area contributed by atoms with Gasteiger partial charge in [-0.15, -0.1) is 0 Å². The molecule has 0 atom stereocenters. The fourth-order valence-electron chi connectivity index (χ4n) is 4.48. The van der Waals surface area contributed by atoms with Crippen LogP contribution >= 0.6 is 0 Å². The molecule has 4 rings (SSSR count). The van der Waals surface area contributed by atoms with Crippen molar-refractivity contribution >= 4 is 16.7 Å². The van der Waals surface area contributed by atoms with E-state index in [0.29, 0.717) is 13.2 Å². The van der Waals surface area contributed by atoms with E-state index in [0.717, 1.165) is 48.3 Å². The maximum absolute atomic E-state index is 5.74. The van der Waals surface area contributed by atoms with Crippen molar-refractivity contribution < 1.29 is 4.74 Å². The van der Waals surface area contributed by atoms with Gasteiger partial charge < -0.3 is 25.3 Å². The summed E-state index contributed by atoms with van der Waals surface area (Å²) in [6.45, 7) is 13.7. The van der Waals surface area contributed by atoms with E-state index in [1.165, 1.54) is 22.4 Å². The Kier molecular flexibility index (Phi) is 6.76. The number of pyridine rings is 1. The minimum Gasteiger partial charge on any atom is -0.369 e. The zero-order chi connectivity index (χ0) is 23.6. The summed E-state index contributed by atoms with van der Waals surface area (Å²) in [4.78, 5) is 12.8. The molecule has 0 radical (unpaired) electrons. The van der Waals surface area contributed by atoms with Crippen molar-refractivity contribution in [2.75, 3.05) is 51.3 Å². The molecule has 1 fully saturated rings. The first-order valence-electron chi connectivity index (χ1n) is 11.7. The highest BCUT2D eigenvalue weighted by atomic mass is 16.5. The van der Waals surface area contributed by atoms with Gasteiger partial charge in [0.15, 0.2) is 0 Å². The molecule has 1 aliphatic rings. The summed E-state index contributed by atoms with van der Waals surface area (Å²) in [6, 6.07) is 6.75. The number of aromatic amines is 1. The molecule has 3 N–H and O–H groups in total. The van der Waals surface area contributed by atoms with Gasteiger partial charge in [-0.2, -0.15) is 0 Å². The van der Waals surface area contributed by atoms with E-state index in [-0.39, 0.29) is 0 Å². The lowest BCUT2D eigenvalue weighted by Crippen LogP contribution is -2.45. The summed E-state index contributed by atoms with van der Waals surface area (Å²) in [5, 5.41) is 1.02. The fourth-order valence-corrected chi connectivity index (χ4v) is 4.48. The summed E-state index contributed by atoms with van der Waals surface area (Å²) < 4.78 is 5.74. The van der Waals surface area contributed by atoms with Crippen molar-refractivity contribution in [1.82, 2.24) is 14.9 Å². The first-order valence-corrected chi connectivity index (χ1v) is 11.7. The van der Waals surface area contributed by atoms with Crippen molar-refractivity contribution in [3.8, 4) is 23.0 Å². The molecule has 0 aliphatic carbocycles. The summed E-state index contributed by atoms with van der Waals surface area (Å²) in [5.41, 5.74) is 13.0. The first-order chi connectivity index (χ1) is 15.8. The van der Waals surface area contributed by atoms with Gasteiger partial charge in [-0.05, 0) is 69.6 Å². The third-order valence-electron chi connectivity index (χ3n) is 6.25. The molecule has 1 aliphatic heterocycles. The number of benzene rings is 1. The van der Waals surface area contributed by atoms with Gasteiger partial charge in [0.1, 0.15) is 11.2 Å². The Balaban J connectivity index is 1.65. The van der Waals surface area contributed by atoms with Crippen LogP contribution in [-0.4, -0.2) is 66.8 Å². The molecular weight excluding hydrogens is 410 g/mol. The number of nitrogens with two attached hydrogens (primary N) is 1. The Morgan fingerprint density at radius 2 is 1.79 bits per heavy atom. The molecule has 2 aromatic heterocycles. The minimum absolute atomic E-state index is 0.484. The zero-order valence-corrected chi connectivity index (χ0v) is 20.5. The normalized spacial score (nSPS) is 15.0. The third-order valence-corrected chi connectivity index (χ3v) is 6.25. The molecule has 0 spiro atoms. The number of aryl methyl sites for hydroxylation is 2. The van der Waals surface area contributed by atoms with Crippen LogP contribution in [-0.2, 0) is 4.74 Å². The molecule has 0 saturated carbocycles. The number of likely N-dealkylation sites (N-methyl/N-ethyl adjacent to an activating group) is 1. The predicted molar refractivity (Wildman–Crippen MR) is 137 cm³/mol. The molecule has 33 heavy (non-hydrogen) atoms. The maximum Gasteiger partial charge on any atom is 0.138 e. The zero-order valence-electron chi connectivity index (χ0n) is 20.5. The Hall–Kier alpha value is -2.85. The molecule has 0 bridgehead atoms. The van der Waals surface area contributed by atoms with Crippen LogP contribution < -0.4 is 10.6 Å². The number of nitrogens with one attached hydrogen (secondary N) is 1. The second kappa shape index (κ2) is 9.56. The van der Waals surface area contributed by atoms with E-state index in [4.69, 9.17) is 10.5 Å². The van der Waals surface area contributed by atoms with Crippen LogP contribution in [0.2, 0.25) is 0 Å². The highest BCUT2D eigenvalue weighted by molar-refractivity contribution is 5.87. The van der Waals surface area contributed by atoms with Gasteiger partial charge in [-0.1, -0.05) is 11.8 Å². The number of aromatic nitrogens is 2. The van der Waals surface area contributed by atoms with Crippen molar-refractivity contribution in [2.45, 2.75) is 33.3 Å². The average molecular weight is 446 g/mol. The second-order valence-electron chi connectivity index (χ2n) is 9.47. The lowest BCUT2D eigenvalue weighted by Gasteiger charge is -2.36. The number of anilines is 1. The van der Waals surface area contributed by atoms with Crippen LogP contribution in [0.15, 0.2) is 30.6 Å². The van der Waals surface area contributed by atoms with E-state index in [2.05, 4.69) is 70.7 Å². The van der Waals surface area contributed by atoms with Crippen LogP contribution in [0.4, 0.5) is 5.69 Å². The number of fused-ring (bicyclic) bond motifs is 1. The van der Waals surface area contributed by atoms with Crippen molar-refractivity contribution in [3.63, 3.8) is 0 Å². The quantitative estimate of drug-likeness (QED) is 0.586. The third kappa shape index (κ3) is 5.22. The number of hydrogen-bond donors (Lipinski definition) is 2. The Bertz CT molecular complexity index is 1170. The predicted octanol–water partition coefficient (Wildman–Crippen LogP) is 3.70. The molecule has 0 amide bonds. The highest BCUT2D eigenvalue weighted by Gasteiger charge is 2.19. The van der Waals surface area contributed by atoms with Gasteiger partial charge in [0.05, 0.1) is 12.2 Å². The second-order valence-corrected chi connectivity index (χ2v) is 9.47. The Labute approximate surface area is 197 Å². The first kappa shape index (κ1) is 23.3. The summed E-state index contributed by atoms with van der Waals surface area (Å²) >= 11 is 0. The molecule has 1 aromatic carbocycles. The SMILES string of the molecule is Cc1cc(-c2cnc3[nH]cc(C#CC(C)(C)OCCN)c3c2)cc(C)c1N1CCN(C)CC1. The van der Waals surface area contributed by atoms with Gasteiger partial charge in [0.2, 0.25) is 0 Å². The number of piperazine rings is 1. The Morgan fingerprint density at radius 1 is 1.09 bits per heavy atom. The molecule has 6 heteroatoms. The van der Waals surface area contributed by atoms with Crippen molar-refractivity contribution in [2.24, 2.45) is 5.73 Å². The number of rotatable bonds is 5. The van der Waals surface area contributed by atoms with Gasteiger partial charge in [0.25, 0.3) is 0 Å². The van der Waals surface area contributed by atoms with Gasteiger partial charge in [-0.25, -0.2) is 4.98 Å². The number of ether oxygens (including phenoxy) is 1. The van der Waals surface area contributed by atoms with E-state index < -0.39 is 5.60 Å². The summed E-state index contributed by atoms with van der Waals surface area (Å²) in [7, 11) is 2.19. The molecule has 1 saturated heterocycles. The largest absolute Gasteiger partial charge is 0.369 e. The molecule has 174 valence electrons. The highest BCUT2D eigenvalue weighted by Crippen LogP contribution is 2.32. The minimum atomic E-state index is -0.554. The standard InChI is InChI=1S/C27H35N5O/c1-19-14-22(15-20(2)25(19)32-11-9-31(5)10-12-32)23-16-24-21(17-29-26(24)30-18-23)6-7-27(3,4)33-13-8-28/h14-18H,8-13,28H2,1-5H3,(H,29,30). The van der Waals surface area contributed by atoms with E-state index >= 15 is 0 Å². The van der Waals surface area contributed by atoms with Gasteiger partial charge >= 0.3 is 0 Å². The van der Waals surface area contributed by atoms with Crippen LogP contribution in [0.3, 0.4) is 0 Å². The van der Waals surface area contributed by atoms with Crippen LogP contribution in [0.25, 0.3) is 22.2 Å². The molecule has 0 unspecified atom stereocenters. The monoisotopic (exact) mass is 445 g/mol. The summed E-state index contributed by atoms with van der Waals surface area (Å²) in [5.74, 6) is 6.50. The number of H-pyrrole nitrogens is 1. The lowest BCUT2D eigenvalue weighted by atomic mass is 9.98. The molecule has 3 heterocycles. The van der Waals surface area contributed by atoms with Crippen LogP contribution in [0.1, 0.15) is 30.5 Å². The molecule has 3 aromatic rings.